The molecule has 1 aromatic heterocycles. The third-order valence-corrected chi connectivity index (χ3v) is 3.69. The molecule has 0 atom stereocenters. The summed E-state index contributed by atoms with van der Waals surface area (Å²) >= 11 is 6.17. The van der Waals surface area contributed by atoms with Crippen molar-refractivity contribution in [3.05, 3.63) is 46.9 Å². The van der Waals surface area contributed by atoms with E-state index < -0.39 is 5.82 Å². The highest BCUT2D eigenvalue weighted by Crippen LogP contribution is 2.32. The van der Waals surface area contributed by atoms with E-state index in [4.69, 9.17) is 16.7 Å². The van der Waals surface area contributed by atoms with Gasteiger partial charge >= 0.3 is 0 Å². The molecule has 0 bridgehead atoms. The smallest absolute Gasteiger partial charge is 0.171 e. The number of halogens is 2. The summed E-state index contributed by atoms with van der Waals surface area (Å²) in [7, 11) is 0. The van der Waals surface area contributed by atoms with Gasteiger partial charge in [-0.25, -0.2) is 9.37 Å². The predicted octanol–water partition coefficient (Wildman–Crippen LogP) is 2.42. The van der Waals surface area contributed by atoms with Crippen LogP contribution in [0, 0.1) is 5.82 Å². The normalized spacial score (nSPS) is 14.2. The van der Waals surface area contributed by atoms with Crippen LogP contribution in [0.2, 0.25) is 5.02 Å². The summed E-state index contributed by atoms with van der Waals surface area (Å²) in [5, 5.41) is 9.47. The molecule has 6 heteroatoms. The number of hydrogen-bond acceptors (Lipinski definition) is 4. The summed E-state index contributed by atoms with van der Waals surface area (Å²) in [4.78, 5) is 17.0. The fraction of sp³-hybridized carbons (Fsp3) is 0.200. The van der Waals surface area contributed by atoms with Crippen molar-refractivity contribution in [2.24, 2.45) is 0 Å². The van der Waals surface area contributed by atoms with Crippen molar-refractivity contribution in [1.82, 2.24) is 4.98 Å². The number of carbonyl (C=O) groups excluding carboxylic acids is 1. The number of aliphatic hydroxyl groups is 1. The monoisotopic (exact) mass is 306 g/mol. The zero-order valence-corrected chi connectivity index (χ0v) is 11.8. The number of benzene rings is 1. The molecule has 2 heterocycles. The summed E-state index contributed by atoms with van der Waals surface area (Å²) in [6, 6.07) is 6.41. The molecule has 0 spiro atoms. The Balaban J connectivity index is 1.97. The number of nitrogens with zero attached hydrogens (tertiary/aromatic N) is 2. The standard InChI is InChI=1S/C15H12ClFN2O2/c16-13-4-10(5-18-15(13)19-6-11(21)7-19)12-3-1-2-9(8-20)14(12)17/h1-5,20H,6-8H2. The van der Waals surface area contributed by atoms with E-state index in [1.165, 1.54) is 12.3 Å². The van der Waals surface area contributed by atoms with E-state index in [1.807, 2.05) is 0 Å². The van der Waals surface area contributed by atoms with Gasteiger partial charge in [0.2, 0.25) is 0 Å². The second-order valence-corrected chi connectivity index (χ2v) is 5.27. The van der Waals surface area contributed by atoms with Crippen LogP contribution in [-0.2, 0) is 11.4 Å². The molecule has 1 saturated heterocycles. The lowest BCUT2D eigenvalue weighted by Gasteiger charge is -2.31. The zero-order chi connectivity index (χ0) is 15.0. The topological polar surface area (TPSA) is 53.4 Å². The maximum absolute atomic E-state index is 14.2. The van der Waals surface area contributed by atoms with E-state index in [1.54, 1.807) is 23.1 Å². The molecule has 0 radical (unpaired) electrons. The van der Waals surface area contributed by atoms with Crippen LogP contribution in [-0.4, -0.2) is 29.0 Å². The Kier molecular flexibility index (Phi) is 3.61. The van der Waals surface area contributed by atoms with E-state index >= 15 is 0 Å². The first-order chi connectivity index (χ1) is 10.1. The minimum atomic E-state index is -0.482. The largest absolute Gasteiger partial charge is 0.392 e. The number of hydrogen-bond donors (Lipinski definition) is 1. The first-order valence-electron chi connectivity index (χ1n) is 6.41. The van der Waals surface area contributed by atoms with Gasteiger partial charge in [0.25, 0.3) is 0 Å². The molecule has 0 aliphatic carbocycles. The Hall–Kier alpha value is -1.98. The fourth-order valence-electron chi connectivity index (χ4n) is 2.26. The number of aromatic nitrogens is 1. The Morgan fingerprint density at radius 3 is 2.76 bits per heavy atom. The van der Waals surface area contributed by atoms with E-state index in [2.05, 4.69) is 4.98 Å². The number of Topliss-reactive ketones (excluding diaryl/α,β-unsaturated/α-hetero) is 1. The minimum absolute atomic E-state index is 0.138. The summed E-state index contributed by atoms with van der Waals surface area (Å²) in [6.07, 6.45) is 1.52. The Bertz CT molecular complexity index is 713. The number of anilines is 1. The molecular formula is C15H12ClFN2O2. The number of aliphatic hydroxyl groups excluding tert-OH is 1. The minimum Gasteiger partial charge on any atom is -0.392 e. The van der Waals surface area contributed by atoms with Crippen molar-refractivity contribution in [2.45, 2.75) is 6.61 Å². The van der Waals surface area contributed by atoms with Crippen LogP contribution < -0.4 is 4.90 Å². The SMILES string of the molecule is O=C1CN(c2ncc(-c3cccc(CO)c3F)cc2Cl)C1. The lowest BCUT2D eigenvalue weighted by atomic mass is 10.0. The summed E-state index contributed by atoms with van der Waals surface area (Å²) in [6.45, 7) is 0.246. The van der Waals surface area contributed by atoms with Crippen LogP contribution in [0.1, 0.15) is 5.56 Å². The van der Waals surface area contributed by atoms with E-state index in [9.17, 15) is 9.18 Å². The number of rotatable bonds is 3. The van der Waals surface area contributed by atoms with Crippen molar-refractivity contribution >= 4 is 23.2 Å². The van der Waals surface area contributed by atoms with Gasteiger partial charge in [0.05, 0.1) is 24.7 Å². The summed E-state index contributed by atoms with van der Waals surface area (Å²) in [5.74, 6) is 0.183. The first-order valence-corrected chi connectivity index (χ1v) is 6.78. The van der Waals surface area contributed by atoms with E-state index in [-0.39, 0.29) is 18.0 Å². The van der Waals surface area contributed by atoms with E-state index in [0.29, 0.717) is 35.1 Å². The predicted molar refractivity (Wildman–Crippen MR) is 77.8 cm³/mol. The molecule has 4 nitrogen and oxygen atoms in total. The molecule has 2 aromatic rings. The Morgan fingerprint density at radius 1 is 1.38 bits per heavy atom. The Labute approximate surface area is 125 Å². The molecule has 21 heavy (non-hydrogen) atoms. The van der Waals surface area contributed by atoms with Crippen LogP contribution in [0.15, 0.2) is 30.5 Å². The van der Waals surface area contributed by atoms with Crippen molar-refractivity contribution in [1.29, 1.82) is 0 Å². The van der Waals surface area contributed by atoms with Crippen LogP contribution in [0.25, 0.3) is 11.1 Å². The second kappa shape index (κ2) is 5.42. The molecule has 1 N–H and O–H groups in total. The molecular weight excluding hydrogens is 295 g/mol. The second-order valence-electron chi connectivity index (χ2n) is 4.86. The van der Waals surface area contributed by atoms with Gasteiger partial charge in [-0.3, -0.25) is 4.79 Å². The summed E-state index contributed by atoms with van der Waals surface area (Å²) in [5.41, 5.74) is 1.09. The number of carbonyl (C=O) groups is 1. The number of ketones is 1. The molecule has 1 fully saturated rings. The first kappa shape index (κ1) is 14.0. The van der Waals surface area contributed by atoms with Crippen LogP contribution >= 0.6 is 11.6 Å². The van der Waals surface area contributed by atoms with Crippen molar-refractivity contribution in [3.63, 3.8) is 0 Å². The zero-order valence-electron chi connectivity index (χ0n) is 11.0. The van der Waals surface area contributed by atoms with Gasteiger partial charge in [-0.2, -0.15) is 0 Å². The van der Waals surface area contributed by atoms with E-state index in [0.717, 1.165) is 0 Å². The van der Waals surface area contributed by atoms with Gasteiger partial charge in [0.15, 0.2) is 5.78 Å². The van der Waals surface area contributed by atoms with Crippen molar-refractivity contribution in [2.75, 3.05) is 18.0 Å². The third-order valence-electron chi connectivity index (χ3n) is 3.42. The molecule has 3 rings (SSSR count). The quantitative estimate of drug-likeness (QED) is 0.946. The fourth-order valence-corrected chi connectivity index (χ4v) is 2.55. The van der Waals surface area contributed by atoms with Crippen LogP contribution in [0.3, 0.4) is 0 Å². The van der Waals surface area contributed by atoms with Gasteiger partial charge in [-0.15, -0.1) is 0 Å². The third kappa shape index (κ3) is 2.50. The van der Waals surface area contributed by atoms with Gasteiger partial charge in [0, 0.05) is 22.9 Å². The maximum Gasteiger partial charge on any atom is 0.171 e. The van der Waals surface area contributed by atoms with Gasteiger partial charge < -0.3 is 10.0 Å². The lowest BCUT2D eigenvalue weighted by molar-refractivity contribution is -0.119. The Morgan fingerprint density at radius 2 is 2.14 bits per heavy atom. The average molecular weight is 307 g/mol. The van der Waals surface area contributed by atoms with Crippen LogP contribution in [0.5, 0.6) is 0 Å². The van der Waals surface area contributed by atoms with Crippen molar-refractivity contribution in [3.8, 4) is 11.1 Å². The molecule has 1 aliphatic heterocycles. The average Bonchev–Trinajstić information content (AvgIpc) is 2.44. The number of pyridine rings is 1. The van der Waals surface area contributed by atoms with Crippen LogP contribution in [0.4, 0.5) is 10.2 Å². The highest BCUT2D eigenvalue weighted by molar-refractivity contribution is 6.33. The highest BCUT2D eigenvalue weighted by Gasteiger charge is 2.26. The molecule has 0 amide bonds. The molecule has 0 unspecified atom stereocenters. The van der Waals surface area contributed by atoms with Gasteiger partial charge in [-0.1, -0.05) is 29.8 Å². The molecule has 108 valence electrons. The summed E-state index contributed by atoms with van der Waals surface area (Å²) < 4.78 is 14.2. The highest BCUT2D eigenvalue weighted by atomic mass is 35.5. The van der Waals surface area contributed by atoms with Gasteiger partial charge in [0.1, 0.15) is 11.6 Å². The molecule has 0 saturated carbocycles. The molecule has 1 aromatic carbocycles. The molecule has 1 aliphatic rings. The van der Waals surface area contributed by atoms with Crippen molar-refractivity contribution < 1.29 is 14.3 Å². The van der Waals surface area contributed by atoms with Gasteiger partial charge in [-0.05, 0) is 6.07 Å². The lowest BCUT2D eigenvalue weighted by Crippen LogP contribution is -2.47. The maximum atomic E-state index is 14.2.